The second kappa shape index (κ2) is 9.56. The second-order valence-electron chi connectivity index (χ2n) is 6.64. The van der Waals surface area contributed by atoms with Crippen LogP contribution < -0.4 is 15.8 Å². The number of halogens is 3. The molecule has 2 amide bonds. The molecule has 0 unspecified atom stereocenters. The number of rotatable bonds is 4. The average Bonchev–Trinajstić information content (AvgIpc) is 2.68. The van der Waals surface area contributed by atoms with Gasteiger partial charge in [-0.25, -0.2) is 8.78 Å². The summed E-state index contributed by atoms with van der Waals surface area (Å²) < 4.78 is 31.9. The van der Waals surface area contributed by atoms with E-state index in [2.05, 4.69) is 5.32 Å². The number of carbonyl (C=O) groups excluding carboxylic acids is 2. The fraction of sp³-hybridized carbons (Fsp3) is 0.300. The molecule has 1 saturated heterocycles. The fourth-order valence-electron chi connectivity index (χ4n) is 3.23. The number of ether oxygens (including phenoxy) is 1. The van der Waals surface area contributed by atoms with E-state index in [-0.39, 0.29) is 29.8 Å². The molecule has 0 spiro atoms. The third-order valence-corrected chi connectivity index (χ3v) is 4.81. The van der Waals surface area contributed by atoms with Crippen molar-refractivity contribution in [2.24, 2.45) is 5.92 Å². The van der Waals surface area contributed by atoms with Gasteiger partial charge in [-0.15, -0.1) is 12.4 Å². The van der Waals surface area contributed by atoms with Crippen LogP contribution in [0.25, 0.3) is 0 Å². The Morgan fingerprint density at radius 2 is 1.83 bits per heavy atom. The van der Waals surface area contributed by atoms with Crippen molar-refractivity contribution in [3.05, 3.63) is 53.6 Å². The monoisotopic (exact) mass is 425 g/mol. The second-order valence-corrected chi connectivity index (χ2v) is 6.64. The number of likely N-dealkylation sites (tertiary alicyclic amines) is 1. The Hall–Kier alpha value is -2.87. The lowest BCUT2D eigenvalue weighted by Gasteiger charge is -2.31. The molecule has 6 nitrogen and oxygen atoms in total. The maximum atomic E-state index is 13.8. The molecule has 0 aliphatic carbocycles. The van der Waals surface area contributed by atoms with Gasteiger partial charge in [0.05, 0.1) is 18.4 Å². The summed E-state index contributed by atoms with van der Waals surface area (Å²) in [6.45, 7) is 0.636. The minimum absolute atomic E-state index is 0. The molecule has 1 heterocycles. The molecule has 0 bridgehead atoms. The van der Waals surface area contributed by atoms with Gasteiger partial charge < -0.3 is 20.7 Å². The molecular weight excluding hydrogens is 404 g/mol. The SMILES string of the molecule is COc1ccc(NC(=O)C2CCN(C(=O)c3ccc(F)cc3F)CC2)cc1N.Cl. The van der Waals surface area contributed by atoms with Gasteiger partial charge in [0.25, 0.3) is 5.91 Å². The summed E-state index contributed by atoms with van der Waals surface area (Å²) in [6.07, 6.45) is 0.901. The summed E-state index contributed by atoms with van der Waals surface area (Å²) in [7, 11) is 1.51. The minimum atomic E-state index is -0.887. The Labute approximate surface area is 173 Å². The van der Waals surface area contributed by atoms with Crippen LogP contribution in [0.2, 0.25) is 0 Å². The lowest BCUT2D eigenvalue weighted by atomic mass is 9.95. The van der Waals surface area contributed by atoms with E-state index in [1.165, 1.54) is 12.0 Å². The van der Waals surface area contributed by atoms with Gasteiger partial charge in [-0.2, -0.15) is 0 Å². The van der Waals surface area contributed by atoms with Gasteiger partial charge in [0.15, 0.2) is 0 Å². The highest BCUT2D eigenvalue weighted by Gasteiger charge is 2.29. The Morgan fingerprint density at radius 1 is 1.14 bits per heavy atom. The number of methoxy groups -OCH3 is 1. The molecule has 0 radical (unpaired) electrons. The number of nitrogens with zero attached hydrogens (tertiary/aromatic N) is 1. The molecule has 9 heteroatoms. The number of piperidine rings is 1. The van der Waals surface area contributed by atoms with Crippen molar-refractivity contribution in [1.82, 2.24) is 4.90 Å². The molecule has 29 heavy (non-hydrogen) atoms. The molecule has 0 saturated carbocycles. The van der Waals surface area contributed by atoms with Crippen LogP contribution in [-0.2, 0) is 4.79 Å². The summed E-state index contributed by atoms with van der Waals surface area (Å²) >= 11 is 0. The van der Waals surface area contributed by atoms with Crippen molar-refractivity contribution < 1.29 is 23.1 Å². The summed E-state index contributed by atoms with van der Waals surface area (Å²) in [5.74, 6) is -2.03. The number of carbonyl (C=O) groups is 2. The van der Waals surface area contributed by atoms with Crippen LogP contribution in [0.15, 0.2) is 36.4 Å². The topological polar surface area (TPSA) is 84.7 Å². The molecule has 2 aromatic rings. The number of hydrogen-bond acceptors (Lipinski definition) is 4. The molecule has 1 aliphatic rings. The van der Waals surface area contributed by atoms with Crippen molar-refractivity contribution >= 4 is 35.6 Å². The quantitative estimate of drug-likeness (QED) is 0.734. The van der Waals surface area contributed by atoms with Crippen LogP contribution in [-0.4, -0.2) is 36.9 Å². The van der Waals surface area contributed by atoms with E-state index < -0.39 is 17.5 Å². The molecule has 156 valence electrons. The molecule has 0 aromatic heterocycles. The van der Waals surface area contributed by atoms with Gasteiger partial charge in [-0.05, 0) is 43.2 Å². The van der Waals surface area contributed by atoms with Gasteiger partial charge >= 0.3 is 0 Å². The molecule has 1 aliphatic heterocycles. The highest BCUT2D eigenvalue weighted by Crippen LogP contribution is 2.26. The van der Waals surface area contributed by atoms with Gasteiger partial charge in [0.2, 0.25) is 5.91 Å². The van der Waals surface area contributed by atoms with Crippen molar-refractivity contribution in [1.29, 1.82) is 0 Å². The van der Waals surface area contributed by atoms with Gasteiger partial charge in [-0.1, -0.05) is 0 Å². The molecule has 3 rings (SSSR count). The summed E-state index contributed by atoms with van der Waals surface area (Å²) in [4.78, 5) is 26.4. The van der Waals surface area contributed by atoms with Crippen LogP contribution in [0.4, 0.5) is 20.2 Å². The molecular formula is C20H22ClF2N3O3. The number of amides is 2. The minimum Gasteiger partial charge on any atom is -0.495 e. The molecule has 1 fully saturated rings. The maximum absolute atomic E-state index is 13.8. The third-order valence-electron chi connectivity index (χ3n) is 4.81. The van der Waals surface area contributed by atoms with Gasteiger partial charge in [0.1, 0.15) is 17.4 Å². The van der Waals surface area contributed by atoms with Crippen LogP contribution >= 0.6 is 12.4 Å². The highest BCUT2D eigenvalue weighted by molar-refractivity contribution is 5.95. The largest absolute Gasteiger partial charge is 0.495 e. The van der Waals surface area contributed by atoms with Crippen molar-refractivity contribution in [2.45, 2.75) is 12.8 Å². The van der Waals surface area contributed by atoms with Gasteiger partial charge in [0, 0.05) is 30.8 Å². The summed E-state index contributed by atoms with van der Waals surface area (Å²) in [5.41, 5.74) is 6.65. The van der Waals surface area contributed by atoms with E-state index in [9.17, 15) is 18.4 Å². The van der Waals surface area contributed by atoms with Crippen molar-refractivity contribution in [2.75, 3.05) is 31.2 Å². The standard InChI is InChI=1S/C20H21F2N3O3.ClH/c1-28-18-5-3-14(11-17(18)23)24-19(26)12-6-8-25(9-7-12)20(27)15-4-2-13(21)10-16(15)22;/h2-5,10-12H,6-9,23H2,1H3,(H,24,26);1H. The first kappa shape index (κ1) is 22.4. The zero-order chi connectivity index (χ0) is 20.3. The number of hydrogen-bond donors (Lipinski definition) is 2. The predicted molar refractivity (Wildman–Crippen MR) is 108 cm³/mol. The van der Waals surface area contributed by atoms with Crippen LogP contribution in [0, 0.1) is 17.6 Å². The van der Waals surface area contributed by atoms with E-state index in [0.29, 0.717) is 49.1 Å². The Morgan fingerprint density at radius 3 is 2.41 bits per heavy atom. The van der Waals surface area contributed by atoms with E-state index in [0.717, 1.165) is 12.1 Å². The van der Waals surface area contributed by atoms with Crippen molar-refractivity contribution in [3.63, 3.8) is 0 Å². The number of anilines is 2. The van der Waals surface area contributed by atoms with Crippen LogP contribution in [0.5, 0.6) is 5.75 Å². The summed E-state index contributed by atoms with van der Waals surface area (Å²) in [5, 5.41) is 2.82. The first-order valence-corrected chi connectivity index (χ1v) is 8.87. The lowest BCUT2D eigenvalue weighted by molar-refractivity contribution is -0.121. The Balaban J connectivity index is 0.00000300. The van der Waals surface area contributed by atoms with Gasteiger partial charge in [-0.3, -0.25) is 9.59 Å². The lowest BCUT2D eigenvalue weighted by Crippen LogP contribution is -2.41. The smallest absolute Gasteiger partial charge is 0.256 e. The van der Waals surface area contributed by atoms with E-state index in [1.807, 2.05) is 0 Å². The zero-order valence-electron chi connectivity index (χ0n) is 15.8. The Bertz CT molecular complexity index is 903. The van der Waals surface area contributed by atoms with Crippen LogP contribution in [0.1, 0.15) is 23.2 Å². The normalized spacial score (nSPS) is 14.1. The maximum Gasteiger partial charge on any atom is 0.256 e. The zero-order valence-corrected chi connectivity index (χ0v) is 16.6. The average molecular weight is 426 g/mol. The predicted octanol–water partition coefficient (Wildman–Crippen LogP) is 3.47. The van der Waals surface area contributed by atoms with E-state index in [1.54, 1.807) is 18.2 Å². The highest BCUT2D eigenvalue weighted by atomic mass is 35.5. The molecule has 2 aromatic carbocycles. The number of nitrogens with two attached hydrogens (primary N) is 1. The first-order chi connectivity index (χ1) is 13.4. The number of nitrogen functional groups attached to an aromatic ring is 1. The number of nitrogens with one attached hydrogen (secondary N) is 1. The fourth-order valence-corrected chi connectivity index (χ4v) is 3.23. The first-order valence-electron chi connectivity index (χ1n) is 8.87. The van der Waals surface area contributed by atoms with E-state index >= 15 is 0 Å². The molecule has 0 atom stereocenters. The number of benzene rings is 2. The molecule has 3 N–H and O–H groups in total. The van der Waals surface area contributed by atoms with Crippen molar-refractivity contribution in [3.8, 4) is 5.75 Å². The Kier molecular flexibility index (Phi) is 7.39. The summed E-state index contributed by atoms with van der Waals surface area (Å²) in [6, 6.07) is 7.87. The van der Waals surface area contributed by atoms with E-state index in [4.69, 9.17) is 10.5 Å². The third kappa shape index (κ3) is 5.14. The van der Waals surface area contributed by atoms with Crippen LogP contribution in [0.3, 0.4) is 0 Å².